The quantitative estimate of drug-likeness (QED) is 0.798. The molecule has 1 saturated carbocycles. The molecule has 4 heteroatoms. The van der Waals surface area contributed by atoms with E-state index in [1.165, 1.54) is 0 Å². The van der Waals surface area contributed by atoms with Crippen molar-refractivity contribution < 1.29 is 14.7 Å². The maximum Gasteiger partial charge on any atom is 0.306 e. The van der Waals surface area contributed by atoms with Crippen molar-refractivity contribution in [3.8, 4) is 0 Å². The molecule has 2 unspecified atom stereocenters. The van der Waals surface area contributed by atoms with Crippen molar-refractivity contribution in [2.75, 3.05) is 6.54 Å². The zero-order valence-electron chi connectivity index (χ0n) is 10.6. The molecule has 1 amide bonds. The molecular weight excluding hydrogens is 218 g/mol. The minimum atomic E-state index is -0.747. The Morgan fingerprint density at radius 2 is 1.76 bits per heavy atom. The highest BCUT2D eigenvalue weighted by atomic mass is 16.4. The standard InChI is InChI=1S/C13H21NO3/c1-8-5-9(2)14(7-8)12(15)10-3-4-11(6-10)13(16)17/h8-11H,3-7H2,1-2H3,(H,16,17)/t8?,9?,10-,11+/m1/s1. The summed E-state index contributed by atoms with van der Waals surface area (Å²) in [7, 11) is 0. The highest BCUT2D eigenvalue weighted by Gasteiger charge is 2.39. The fourth-order valence-electron chi connectivity index (χ4n) is 3.27. The number of nitrogens with zero attached hydrogens (tertiary/aromatic N) is 1. The minimum absolute atomic E-state index is 0.0520. The second-order valence-electron chi connectivity index (χ2n) is 5.73. The van der Waals surface area contributed by atoms with E-state index >= 15 is 0 Å². The second kappa shape index (κ2) is 4.67. The van der Waals surface area contributed by atoms with Gasteiger partial charge in [-0.1, -0.05) is 6.92 Å². The minimum Gasteiger partial charge on any atom is -0.481 e. The smallest absolute Gasteiger partial charge is 0.306 e. The molecule has 17 heavy (non-hydrogen) atoms. The van der Waals surface area contributed by atoms with E-state index in [2.05, 4.69) is 13.8 Å². The summed E-state index contributed by atoms with van der Waals surface area (Å²) < 4.78 is 0. The van der Waals surface area contributed by atoms with Gasteiger partial charge >= 0.3 is 5.97 Å². The molecule has 1 aliphatic carbocycles. The van der Waals surface area contributed by atoms with Gasteiger partial charge in [-0.05, 0) is 38.5 Å². The molecule has 0 aromatic carbocycles. The summed E-state index contributed by atoms with van der Waals surface area (Å²) in [4.78, 5) is 25.1. The van der Waals surface area contributed by atoms with E-state index in [-0.39, 0.29) is 17.7 Å². The van der Waals surface area contributed by atoms with Gasteiger partial charge in [0, 0.05) is 18.5 Å². The van der Waals surface area contributed by atoms with E-state index in [1.54, 1.807) is 0 Å². The predicted octanol–water partition coefficient (Wildman–Crippen LogP) is 1.74. The first-order valence-electron chi connectivity index (χ1n) is 6.52. The summed E-state index contributed by atoms with van der Waals surface area (Å²) in [5, 5.41) is 8.95. The highest BCUT2D eigenvalue weighted by Crippen LogP contribution is 2.34. The summed E-state index contributed by atoms with van der Waals surface area (Å²) in [5.74, 6) is -0.345. The van der Waals surface area contributed by atoms with Gasteiger partial charge in [0.1, 0.15) is 0 Å². The lowest BCUT2D eigenvalue weighted by Crippen LogP contribution is -2.38. The van der Waals surface area contributed by atoms with Crippen LogP contribution < -0.4 is 0 Å². The fraction of sp³-hybridized carbons (Fsp3) is 0.846. The van der Waals surface area contributed by atoms with Crippen LogP contribution in [0.4, 0.5) is 0 Å². The number of carboxylic acid groups (broad SMARTS) is 1. The van der Waals surface area contributed by atoms with Gasteiger partial charge in [0.15, 0.2) is 0 Å². The molecule has 0 aromatic heterocycles. The number of hydrogen-bond acceptors (Lipinski definition) is 2. The first-order valence-corrected chi connectivity index (χ1v) is 6.52. The zero-order chi connectivity index (χ0) is 12.6. The largest absolute Gasteiger partial charge is 0.481 e. The van der Waals surface area contributed by atoms with Gasteiger partial charge in [-0.3, -0.25) is 9.59 Å². The van der Waals surface area contributed by atoms with E-state index in [4.69, 9.17) is 5.11 Å². The monoisotopic (exact) mass is 239 g/mol. The van der Waals surface area contributed by atoms with Gasteiger partial charge < -0.3 is 10.0 Å². The zero-order valence-corrected chi connectivity index (χ0v) is 10.6. The van der Waals surface area contributed by atoms with Crippen LogP contribution in [0.1, 0.15) is 39.5 Å². The number of amides is 1. The Morgan fingerprint density at radius 3 is 2.24 bits per heavy atom. The topological polar surface area (TPSA) is 57.6 Å². The molecule has 0 bridgehead atoms. The van der Waals surface area contributed by atoms with E-state index in [0.29, 0.717) is 24.8 Å². The lowest BCUT2D eigenvalue weighted by Gasteiger charge is -2.24. The molecule has 2 rings (SSSR count). The average molecular weight is 239 g/mol. The molecule has 96 valence electrons. The van der Waals surface area contributed by atoms with Crippen molar-refractivity contribution in [3.05, 3.63) is 0 Å². The number of aliphatic carboxylic acids is 1. The first kappa shape index (κ1) is 12.4. The number of carbonyl (C=O) groups excluding carboxylic acids is 1. The fourth-order valence-corrected chi connectivity index (χ4v) is 3.27. The molecule has 1 aliphatic heterocycles. The second-order valence-corrected chi connectivity index (χ2v) is 5.73. The average Bonchev–Trinajstić information content (AvgIpc) is 2.84. The molecule has 1 saturated heterocycles. The van der Waals surface area contributed by atoms with Gasteiger partial charge in [0.05, 0.1) is 5.92 Å². The summed E-state index contributed by atoms with van der Waals surface area (Å²) in [6.45, 7) is 5.09. The molecule has 4 atom stereocenters. The molecule has 0 spiro atoms. The van der Waals surface area contributed by atoms with Crippen molar-refractivity contribution in [2.45, 2.75) is 45.6 Å². The predicted molar refractivity (Wildman–Crippen MR) is 63.4 cm³/mol. The normalized spacial score (nSPS) is 37.4. The Kier molecular flexibility index (Phi) is 3.40. The van der Waals surface area contributed by atoms with Crippen molar-refractivity contribution in [1.29, 1.82) is 0 Å². The van der Waals surface area contributed by atoms with Crippen LogP contribution in [0.25, 0.3) is 0 Å². The van der Waals surface area contributed by atoms with Crippen molar-refractivity contribution in [2.24, 2.45) is 17.8 Å². The van der Waals surface area contributed by atoms with Crippen molar-refractivity contribution in [1.82, 2.24) is 4.90 Å². The molecule has 0 aromatic rings. The van der Waals surface area contributed by atoms with Crippen LogP contribution in [0.5, 0.6) is 0 Å². The Bertz CT molecular complexity index is 329. The van der Waals surface area contributed by atoms with Crippen molar-refractivity contribution in [3.63, 3.8) is 0 Å². The Labute approximate surface area is 102 Å². The molecule has 4 nitrogen and oxygen atoms in total. The van der Waals surface area contributed by atoms with Crippen LogP contribution in [0.2, 0.25) is 0 Å². The number of carboxylic acids is 1. The number of hydrogen-bond donors (Lipinski definition) is 1. The summed E-state index contributed by atoms with van der Waals surface area (Å²) in [5.41, 5.74) is 0. The molecule has 1 heterocycles. The SMILES string of the molecule is CC1CC(C)N(C(=O)[C@@H]2CC[C@H](C(=O)O)C2)C1. The van der Waals surface area contributed by atoms with Gasteiger partial charge in [0.2, 0.25) is 5.91 Å². The lowest BCUT2D eigenvalue weighted by molar-refractivity contribution is -0.141. The summed E-state index contributed by atoms with van der Waals surface area (Å²) in [6.07, 6.45) is 3.00. The Hall–Kier alpha value is -1.06. The maximum absolute atomic E-state index is 12.3. The number of likely N-dealkylation sites (tertiary alicyclic amines) is 1. The van der Waals surface area contributed by atoms with E-state index in [1.807, 2.05) is 4.90 Å². The van der Waals surface area contributed by atoms with Gasteiger partial charge in [-0.2, -0.15) is 0 Å². The third-order valence-electron chi connectivity index (χ3n) is 4.20. The van der Waals surface area contributed by atoms with Crippen LogP contribution >= 0.6 is 0 Å². The van der Waals surface area contributed by atoms with Crippen LogP contribution in [-0.4, -0.2) is 34.5 Å². The summed E-state index contributed by atoms with van der Waals surface area (Å²) in [6, 6.07) is 0.321. The van der Waals surface area contributed by atoms with Crippen LogP contribution in [0, 0.1) is 17.8 Å². The van der Waals surface area contributed by atoms with E-state index < -0.39 is 5.97 Å². The Morgan fingerprint density at radius 1 is 1.12 bits per heavy atom. The van der Waals surface area contributed by atoms with E-state index in [9.17, 15) is 9.59 Å². The number of carbonyl (C=O) groups is 2. The number of rotatable bonds is 2. The van der Waals surface area contributed by atoms with E-state index in [0.717, 1.165) is 19.4 Å². The van der Waals surface area contributed by atoms with Crippen molar-refractivity contribution >= 4 is 11.9 Å². The molecule has 2 aliphatic rings. The maximum atomic E-state index is 12.3. The van der Waals surface area contributed by atoms with Gasteiger partial charge in [0.25, 0.3) is 0 Å². The molecule has 1 N–H and O–H groups in total. The molecule has 2 fully saturated rings. The van der Waals surface area contributed by atoms with Crippen LogP contribution in [0.3, 0.4) is 0 Å². The van der Waals surface area contributed by atoms with Crippen LogP contribution in [0.15, 0.2) is 0 Å². The Balaban J connectivity index is 1.95. The first-order chi connectivity index (χ1) is 7.99. The van der Waals surface area contributed by atoms with Gasteiger partial charge in [-0.25, -0.2) is 0 Å². The highest BCUT2D eigenvalue weighted by molar-refractivity contribution is 5.81. The summed E-state index contributed by atoms with van der Waals surface area (Å²) >= 11 is 0. The van der Waals surface area contributed by atoms with Gasteiger partial charge in [-0.15, -0.1) is 0 Å². The lowest BCUT2D eigenvalue weighted by atomic mass is 10.0. The third kappa shape index (κ3) is 2.45. The molecule has 0 radical (unpaired) electrons. The molecular formula is C13H21NO3. The third-order valence-corrected chi connectivity index (χ3v) is 4.20. The van der Waals surface area contributed by atoms with Crippen LogP contribution in [-0.2, 0) is 9.59 Å².